The van der Waals surface area contributed by atoms with Crippen molar-refractivity contribution in [1.82, 2.24) is 0 Å². The van der Waals surface area contributed by atoms with Crippen molar-refractivity contribution in [3.05, 3.63) is 53.6 Å². The molecule has 2 N–H and O–H groups in total. The van der Waals surface area contributed by atoms with Gasteiger partial charge in [0.15, 0.2) is 0 Å². The second-order valence-electron chi connectivity index (χ2n) is 4.87. The molecule has 0 aliphatic carbocycles. The molecule has 0 amide bonds. The van der Waals surface area contributed by atoms with Crippen LogP contribution in [0.2, 0.25) is 0 Å². The predicted molar refractivity (Wildman–Crippen MR) is 84.2 cm³/mol. The highest BCUT2D eigenvalue weighted by Gasteiger charge is 2.14. The molecule has 2 aromatic rings. The first-order valence-electron chi connectivity index (χ1n) is 6.84. The number of aliphatic hydroxyl groups excluding tert-OH is 1. The number of aryl methyl sites for hydroxylation is 1. The van der Waals surface area contributed by atoms with Crippen LogP contribution < -0.4 is 14.8 Å². The van der Waals surface area contributed by atoms with Crippen LogP contribution in [-0.2, 0) is 0 Å². The minimum Gasteiger partial charge on any atom is -0.497 e. The Kier molecular flexibility index (Phi) is 5.06. The standard InChI is InChI=1S/C17H21NO3/c1-12-4-6-13(7-5-12)18-11-16(19)15-10-14(20-2)8-9-17(15)21-3/h4-10,16,18-19H,11H2,1-3H3. The monoisotopic (exact) mass is 287 g/mol. The minimum atomic E-state index is -0.684. The lowest BCUT2D eigenvalue weighted by Gasteiger charge is -2.17. The van der Waals surface area contributed by atoms with Crippen molar-refractivity contribution in [2.24, 2.45) is 0 Å². The Morgan fingerprint density at radius 3 is 2.38 bits per heavy atom. The summed E-state index contributed by atoms with van der Waals surface area (Å²) >= 11 is 0. The molecule has 1 atom stereocenters. The van der Waals surface area contributed by atoms with Gasteiger partial charge in [0.2, 0.25) is 0 Å². The quantitative estimate of drug-likeness (QED) is 0.857. The molecule has 0 spiro atoms. The number of hydrogen-bond acceptors (Lipinski definition) is 4. The summed E-state index contributed by atoms with van der Waals surface area (Å²) in [6, 6.07) is 13.4. The van der Waals surface area contributed by atoms with Crippen LogP contribution in [0.15, 0.2) is 42.5 Å². The molecule has 0 heterocycles. The number of rotatable bonds is 6. The fourth-order valence-electron chi connectivity index (χ4n) is 2.10. The number of ether oxygens (including phenoxy) is 2. The lowest BCUT2D eigenvalue weighted by Crippen LogP contribution is -2.13. The molecular formula is C17H21NO3. The summed E-state index contributed by atoms with van der Waals surface area (Å²) in [5.41, 5.74) is 2.88. The molecule has 21 heavy (non-hydrogen) atoms. The van der Waals surface area contributed by atoms with Gasteiger partial charge in [0, 0.05) is 17.8 Å². The summed E-state index contributed by atoms with van der Waals surface area (Å²) in [5.74, 6) is 1.34. The van der Waals surface area contributed by atoms with Crippen molar-refractivity contribution in [2.45, 2.75) is 13.0 Å². The Balaban J connectivity index is 2.08. The Bertz CT molecular complexity index is 581. The number of aliphatic hydroxyl groups is 1. The van der Waals surface area contributed by atoms with Crippen LogP contribution in [0.3, 0.4) is 0 Å². The summed E-state index contributed by atoms with van der Waals surface area (Å²) in [4.78, 5) is 0. The maximum absolute atomic E-state index is 10.4. The summed E-state index contributed by atoms with van der Waals surface area (Å²) < 4.78 is 10.5. The third-order valence-electron chi connectivity index (χ3n) is 3.35. The summed E-state index contributed by atoms with van der Waals surface area (Å²) in [6.07, 6.45) is -0.684. The third-order valence-corrected chi connectivity index (χ3v) is 3.35. The molecule has 0 aliphatic rings. The van der Waals surface area contributed by atoms with Gasteiger partial charge in [-0.3, -0.25) is 0 Å². The molecule has 2 aromatic carbocycles. The van der Waals surface area contributed by atoms with Gasteiger partial charge in [0.25, 0.3) is 0 Å². The molecule has 0 fully saturated rings. The van der Waals surface area contributed by atoms with E-state index in [1.165, 1.54) is 5.56 Å². The van der Waals surface area contributed by atoms with Crippen molar-refractivity contribution in [2.75, 3.05) is 26.1 Å². The normalized spacial score (nSPS) is 11.8. The predicted octanol–water partition coefficient (Wildman–Crippen LogP) is 3.16. The largest absolute Gasteiger partial charge is 0.497 e. The molecule has 0 saturated heterocycles. The van der Waals surface area contributed by atoms with Crippen molar-refractivity contribution < 1.29 is 14.6 Å². The molecule has 2 rings (SSSR count). The highest BCUT2D eigenvalue weighted by molar-refractivity contribution is 5.46. The van der Waals surface area contributed by atoms with Crippen LogP contribution in [-0.4, -0.2) is 25.9 Å². The Morgan fingerprint density at radius 2 is 1.76 bits per heavy atom. The fourth-order valence-corrected chi connectivity index (χ4v) is 2.10. The van der Waals surface area contributed by atoms with Crippen LogP contribution in [0.5, 0.6) is 11.5 Å². The van der Waals surface area contributed by atoms with Crippen LogP contribution >= 0.6 is 0 Å². The molecule has 0 saturated carbocycles. The smallest absolute Gasteiger partial charge is 0.124 e. The van der Waals surface area contributed by atoms with Gasteiger partial charge in [-0.1, -0.05) is 17.7 Å². The Hall–Kier alpha value is -2.20. The Labute approximate surface area is 125 Å². The van der Waals surface area contributed by atoms with Crippen molar-refractivity contribution in [3.63, 3.8) is 0 Å². The fraction of sp³-hybridized carbons (Fsp3) is 0.294. The molecule has 4 nitrogen and oxygen atoms in total. The zero-order chi connectivity index (χ0) is 15.2. The molecule has 1 unspecified atom stereocenters. The average molecular weight is 287 g/mol. The first-order chi connectivity index (χ1) is 10.1. The van der Waals surface area contributed by atoms with E-state index in [0.29, 0.717) is 23.6 Å². The van der Waals surface area contributed by atoms with E-state index in [0.717, 1.165) is 5.69 Å². The first-order valence-corrected chi connectivity index (χ1v) is 6.84. The van der Waals surface area contributed by atoms with Crippen LogP contribution in [0, 0.1) is 6.92 Å². The van der Waals surface area contributed by atoms with E-state index < -0.39 is 6.10 Å². The second kappa shape index (κ2) is 6.99. The molecule has 0 aliphatic heterocycles. The minimum absolute atomic E-state index is 0.395. The van der Waals surface area contributed by atoms with Gasteiger partial charge in [-0.05, 0) is 37.3 Å². The van der Waals surface area contributed by atoms with Crippen molar-refractivity contribution in [1.29, 1.82) is 0 Å². The van der Waals surface area contributed by atoms with E-state index >= 15 is 0 Å². The van der Waals surface area contributed by atoms with Gasteiger partial charge in [0.1, 0.15) is 11.5 Å². The number of benzene rings is 2. The maximum atomic E-state index is 10.4. The van der Waals surface area contributed by atoms with Gasteiger partial charge in [0.05, 0.1) is 20.3 Å². The van der Waals surface area contributed by atoms with Gasteiger partial charge < -0.3 is 19.9 Å². The molecule has 0 aromatic heterocycles. The van der Waals surface area contributed by atoms with E-state index in [-0.39, 0.29) is 0 Å². The Morgan fingerprint density at radius 1 is 1.05 bits per heavy atom. The third kappa shape index (κ3) is 3.89. The van der Waals surface area contributed by atoms with Crippen molar-refractivity contribution in [3.8, 4) is 11.5 Å². The zero-order valence-corrected chi connectivity index (χ0v) is 12.6. The van der Waals surface area contributed by atoms with E-state index in [1.807, 2.05) is 37.3 Å². The molecule has 0 bridgehead atoms. The topological polar surface area (TPSA) is 50.7 Å². The van der Waals surface area contributed by atoms with E-state index in [2.05, 4.69) is 5.32 Å². The number of hydrogen-bond donors (Lipinski definition) is 2. The zero-order valence-electron chi connectivity index (χ0n) is 12.6. The molecule has 0 radical (unpaired) electrons. The van der Waals surface area contributed by atoms with Gasteiger partial charge in [-0.2, -0.15) is 0 Å². The van der Waals surface area contributed by atoms with Crippen LogP contribution in [0.4, 0.5) is 5.69 Å². The van der Waals surface area contributed by atoms with Gasteiger partial charge in [-0.25, -0.2) is 0 Å². The SMILES string of the molecule is COc1ccc(OC)c(C(O)CNc2ccc(C)cc2)c1. The molecule has 112 valence electrons. The van der Waals surface area contributed by atoms with Gasteiger partial charge >= 0.3 is 0 Å². The molecule has 4 heteroatoms. The van der Waals surface area contributed by atoms with Crippen LogP contribution in [0.1, 0.15) is 17.2 Å². The van der Waals surface area contributed by atoms with E-state index in [9.17, 15) is 5.11 Å². The maximum Gasteiger partial charge on any atom is 0.124 e. The highest BCUT2D eigenvalue weighted by atomic mass is 16.5. The highest BCUT2D eigenvalue weighted by Crippen LogP contribution is 2.29. The van der Waals surface area contributed by atoms with E-state index in [1.54, 1.807) is 26.4 Å². The summed E-state index contributed by atoms with van der Waals surface area (Å²) in [7, 11) is 3.19. The number of nitrogens with one attached hydrogen (secondary N) is 1. The van der Waals surface area contributed by atoms with Crippen LogP contribution in [0.25, 0.3) is 0 Å². The van der Waals surface area contributed by atoms with E-state index in [4.69, 9.17) is 9.47 Å². The molecular weight excluding hydrogens is 266 g/mol. The average Bonchev–Trinajstić information content (AvgIpc) is 2.53. The lowest BCUT2D eigenvalue weighted by atomic mass is 10.1. The van der Waals surface area contributed by atoms with Gasteiger partial charge in [-0.15, -0.1) is 0 Å². The summed E-state index contributed by atoms with van der Waals surface area (Å²) in [6.45, 7) is 2.44. The lowest BCUT2D eigenvalue weighted by molar-refractivity contribution is 0.186. The van der Waals surface area contributed by atoms with Crippen molar-refractivity contribution >= 4 is 5.69 Å². The second-order valence-corrected chi connectivity index (χ2v) is 4.87. The summed E-state index contributed by atoms with van der Waals surface area (Å²) in [5, 5.41) is 13.6. The number of methoxy groups -OCH3 is 2. The number of anilines is 1. The first kappa shape index (κ1) is 15.2.